The quantitative estimate of drug-likeness (QED) is 0.173. The molecule has 0 fully saturated rings. The molecule has 4 N–H and O–H groups in total. The van der Waals surface area contributed by atoms with Crippen molar-refractivity contribution in [1.29, 1.82) is 0 Å². The minimum absolute atomic E-state index is 0.0194. The predicted octanol–water partition coefficient (Wildman–Crippen LogP) is 3.06. The number of aromatic nitrogens is 3. The highest BCUT2D eigenvalue weighted by Crippen LogP contribution is 2.35. The van der Waals surface area contributed by atoms with Crippen molar-refractivity contribution in [3.8, 4) is 62.9 Å². The Morgan fingerprint density at radius 1 is 0.571 bits per heavy atom. The zero-order chi connectivity index (χ0) is 30.1. The molecule has 0 aliphatic rings. The number of rotatable bonds is 14. The number of aliphatic hydroxyl groups is 2. The molecule has 2 atom stereocenters. The summed E-state index contributed by atoms with van der Waals surface area (Å²) in [6.07, 6.45) is -1.65. The Morgan fingerprint density at radius 3 is 1.40 bits per heavy atom. The number of aliphatic hydroxyl groups excluding tert-OH is 2. The number of benzene rings is 3. The van der Waals surface area contributed by atoms with Gasteiger partial charge in [0.2, 0.25) is 0 Å². The van der Waals surface area contributed by atoms with E-state index >= 15 is 0 Å². The Morgan fingerprint density at radius 2 is 1.00 bits per heavy atom. The van der Waals surface area contributed by atoms with Crippen LogP contribution in [-0.4, -0.2) is 95.3 Å². The Kier molecular flexibility index (Phi) is 10.5. The summed E-state index contributed by atoms with van der Waals surface area (Å²) in [6, 6.07) is 16.3. The summed E-state index contributed by atoms with van der Waals surface area (Å²) in [5.41, 5.74) is 1.24. The fraction of sp³-hybridized carbons (Fsp3) is 0.300. The van der Waals surface area contributed by atoms with E-state index in [2.05, 4.69) is 15.0 Å². The highest BCUT2D eigenvalue weighted by molar-refractivity contribution is 5.72. The van der Waals surface area contributed by atoms with E-state index in [0.717, 1.165) is 0 Å². The lowest BCUT2D eigenvalue weighted by molar-refractivity contribution is 0.0325. The number of aromatic hydroxyl groups is 2. The molecule has 0 saturated heterocycles. The van der Waals surface area contributed by atoms with Gasteiger partial charge in [0.05, 0.1) is 31.5 Å². The van der Waals surface area contributed by atoms with E-state index in [1.807, 2.05) is 0 Å². The fourth-order valence-corrected chi connectivity index (χ4v) is 3.93. The maximum absolute atomic E-state index is 10.9. The van der Waals surface area contributed by atoms with Gasteiger partial charge in [-0.3, -0.25) is 0 Å². The highest BCUT2D eigenvalue weighted by atomic mass is 16.5. The molecule has 4 aromatic rings. The number of hydrogen-bond acceptors (Lipinski definition) is 12. The summed E-state index contributed by atoms with van der Waals surface area (Å²) in [5, 5.41) is 41.4. The van der Waals surface area contributed by atoms with Gasteiger partial charge in [0.1, 0.15) is 54.2 Å². The van der Waals surface area contributed by atoms with E-state index in [9.17, 15) is 20.4 Å². The second-order valence-corrected chi connectivity index (χ2v) is 9.23. The molecule has 3 aromatic carbocycles. The van der Waals surface area contributed by atoms with Gasteiger partial charge in [0.25, 0.3) is 0 Å². The van der Waals surface area contributed by atoms with Crippen LogP contribution in [-0.2, 0) is 9.47 Å². The van der Waals surface area contributed by atoms with Gasteiger partial charge in [-0.25, -0.2) is 15.0 Å². The molecule has 0 bridgehead atoms. The molecule has 222 valence electrons. The van der Waals surface area contributed by atoms with E-state index in [-0.39, 0.29) is 49.6 Å². The number of phenolic OH excluding ortho intramolecular Hbond substituents is 2. The van der Waals surface area contributed by atoms with Crippen LogP contribution in [0.25, 0.3) is 34.2 Å². The van der Waals surface area contributed by atoms with Crippen LogP contribution in [0.5, 0.6) is 28.7 Å². The first kappa shape index (κ1) is 30.5. The predicted molar refractivity (Wildman–Crippen MR) is 153 cm³/mol. The maximum atomic E-state index is 10.9. The molecule has 12 heteroatoms. The molecular weight excluding hydrogens is 546 g/mol. The normalized spacial score (nSPS) is 12.5. The van der Waals surface area contributed by atoms with Crippen molar-refractivity contribution in [2.45, 2.75) is 12.2 Å². The average Bonchev–Trinajstić information content (AvgIpc) is 2.99. The number of methoxy groups -OCH3 is 3. The third-order valence-corrected chi connectivity index (χ3v) is 6.01. The van der Waals surface area contributed by atoms with Crippen molar-refractivity contribution in [2.75, 3.05) is 47.8 Å². The van der Waals surface area contributed by atoms with Crippen LogP contribution >= 0.6 is 0 Å². The van der Waals surface area contributed by atoms with Gasteiger partial charge in [0, 0.05) is 31.9 Å². The molecule has 0 spiro atoms. The molecule has 2 unspecified atom stereocenters. The van der Waals surface area contributed by atoms with Crippen molar-refractivity contribution < 1.29 is 44.1 Å². The monoisotopic (exact) mass is 579 g/mol. The summed E-state index contributed by atoms with van der Waals surface area (Å²) in [7, 11) is 4.52. The minimum Gasteiger partial charge on any atom is -0.507 e. The molecule has 0 aliphatic carbocycles. The third-order valence-electron chi connectivity index (χ3n) is 6.01. The molecule has 42 heavy (non-hydrogen) atoms. The molecule has 1 heterocycles. The van der Waals surface area contributed by atoms with Crippen LogP contribution in [0.3, 0.4) is 0 Å². The Labute approximate surface area is 242 Å². The van der Waals surface area contributed by atoms with Gasteiger partial charge in [-0.05, 0) is 48.5 Å². The standard InChI is InChI=1S/C30H33N3O9/c1-38-14-19(34)16-41-22-8-10-24(26(36)12-22)29-31-28(18-4-6-21(40-3)7-5-18)32-30(33-29)25-11-9-23(13-27(25)37)42-17-20(35)15-39-2/h4-13,19-20,34-37H,14-17H2,1-3H3. The first-order chi connectivity index (χ1) is 20.3. The van der Waals surface area contributed by atoms with Crippen molar-refractivity contribution in [3.63, 3.8) is 0 Å². The largest absolute Gasteiger partial charge is 0.507 e. The zero-order valence-electron chi connectivity index (χ0n) is 23.4. The lowest BCUT2D eigenvalue weighted by atomic mass is 10.1. The molecule has 0 aliphatic heterocycles. The van der Waals surface area contributed by atoms with Gasteiger partial charge in [-0.1, -0.05) is 0 Å². The van der Waals surface area contributed by atoms with Gasteiger partial charge < -0.3 is 44.1 Å². The first-order valence-corrected chi connectivity index (χ1v) is 13.0. The van der Waals surface area contributed by atoms with Crippen LogP contribution < -0.4 is 14.2 Å². The van der Waals surface area contributed by atoms with Crippen molar-refractivity contribution in [2.24, 2.45) is 0 Å². The Balaban J connectivity index is 1.70. The Hall–Kier alpha value is -4.49. The van der Waals surface area contributed by atoms with Crippen LogP contribution in [0.15, 0.2) is 60.7 Å². The topological polar surface area (TPSA) is 166 Å². The molecular formula is C30H33N3O9. The molecule has 0 amide bonds. The van der Waals surface area contributed by atoms with Crippen LogP contribution in [0.4, 0.5) is 0 Å². The molecule has 1 aromatic heterocycles. The van der Waals surface area contributed by atoms with Gasteiger partial charge in [0.15, 0.2) is 17.5 Å². The third kappa shape index (κ3) is 7.83. The molecule has 0 saturated carbocycles. The minimum atomic E-state index is -0.824. The van der Waals surface area contributed by atoms with Crippen molar-refractivity contribution in [3.05, 3.63) is 60.7 Å². The van der Waals surface area contributed by atoms with Crippen molar-refractivity contribution in [1.82, 2.24) is 15.0 Å². The molecule has 0 radical (unpaired) electrons. The summed E-state index contributed by atoms with van der Waals surface area (Å²) in [4.78, 5) is 13.7. The smallest absolute Gasteiger partial charge is 0.167 e. The second-order valence-electron chi connectivity index (χ2n) is 9.23. The number of hydrogen-bond donors (Lipinski definition) is 4. The van der Waals surface area contributed by atoms with E-state index in [1.165, 1.54) is 26.4 Å². The molecule has 12 nitrogen and oxygen atoms in total. The van der Waals surface area contributed by atoms with E-state index < -0.39 is 12.2 Å². The van der Waals surface area contributed by atoms with Crippen LogP contribution in [0, 0.1) is 0 Å². The van der Waals surface area contributed by atoms with E-state index in [0.29, 0.717) is 39.8 Å². The summed E-state index contributed by atoms with van der Waals surface area (Å²) >= 11 is 0. The van der Waals surface area contributed by atoms with Gasteiger partial charge in [-0.2, -0.15) is 0 Å². The van der Waals surface area contributed by atoms with Gasteiger partial charge in [-0.15, -0.1) is 0 Å². The lowest BCUT2D eigenvalue weighted by Gasteiger charge is -2.14. The maximum Gasteiger partial charge on any atom is 0.167 e. The fourth-order valence-electron chi connectivity index (χ4n) is 3.93. The first-order valence-electron chi connectivity index (χ1n) is 13.0. The summed E-state index contributed by atoms with van der Waals surface area (Å²) in [5.74, 6) is 1.60. The lowest BCUT2D eigenvalue weighted by Crippen LogP contribution is -2.22. The zero-order valence-corrected chi connectivity index (χ0v) is 23.4. The average molecular weight is 580 g/mol. The summed E-state index contributed by atoms with van der Waals surface area (Å²) in [6.45, 7) is 0.187. The number of nitrogens with zero attached hydrogens (tertiary/aromatic N) is 3. The summed E-state index contributed by atoms with van der Waals surface area (Å²) < 4.78 is 26.2. The second kappa shape index (κ2) is 14.4. The Bertz CT molecular complexity index is 1380. The van der Waals surface area contributed by atoms with Crippen molar-refractivity contribution >= 4 is 0 Å². The van der Waals surface area contributed by atoms with E-state index in [1.54, 1.807) is 55.6 Å². The van der Waals surface area contributed by atoms with Crippen LogP contribution in [0.1, 0.15) is 0 Å². The highest BCUT2D eigenvalue weighted by Gasteiger charge is 2.18. The van der Waals surface area contributed by atoms with Crippen LogP contribution in [0.2, 0.25) is 0 Å². The molecule has 4 rings (SSSR count). The SMILES string of the molecule is COCC(O)COc1ccc(-c2nc(-c3ccc(OC)cc3)nc(-c3ccc(OCC(O)COC)cc3O)n2)c(O)c1. The van der Waals surface area contributed by atoms with Gasteiger partial charge >= 0.3 is 0 Å². The number of ether oxygens (including phenoxy) is 5. The van der Waals surface area contributed by atoms with E-state index in [4.69, 9.17) is 23.7 Å². The number of phenols is 2.